The van der Waals surface area contributed by atoms with E-state index in [-0.39, 0.29) is 12.9 Å². The van der Waals surface area contributed by atoms with Gasteiger partial charge in [-0.05, 0) is 6.42 Å². The zero-order valence-corrected chi connectivity index (χ0v) is 6.56. The van der Waals surface area contributed by atoms with Crippen molar-refractivity contribution in [3.63, 3.8) is 0 Å². The van der Waals surface area contributed by atoms with Gasteiger partial charge < -0.3 is 19.7 Å². The van der Waals surface area contributed by atoms with E-state index >= 15 is 0 Å². The number of aliphatic hydroxyl groups is 2. The lowest BCUT2D eigenvalue weighted by Crippen LogP contribution is -2.41. The van der Waals surface area contributed by atoms with Gasteiger partial charge in [0.25, 0.3) is 0 Å². The van der Waals surface area contributed by atoms with Gasteiger partial charge in [0.2, 0.25) is 0 Å². The molecule has 66 valence electrons. The highest BCUT2D eigenvalue weighted by molar-refractivity contribution is 4.74. The van der Waals surface area contributed by atoms with E-state index in [9.17, 15) is 5.11 Å². The van der Waals surface area contributed by atoms with Crippen molar-refractivity contribution in [2.24, 2.45) is 0 Å². The third-order valence-electron chi connectivity index (χ3n) is 1.90. The number of methoxy groups -OCH3 is 1. The van der Waals surface area contributed by atoms with Crippen LogP contribution in [0.25, 0.3) is 0 Å². The summed E-state index contributed by atoms with van der Waals surface area (Å²) < 4.78 is 10.1. The van der Waals surface area contributed by atoms with Crippen LogP contribution in [0.2, 0.25) is 0 Å². The maximum atomic E-state index is 9.24. The van der Waals surface area contributed by atoms with Crippen LogP contribution in [0.1, 0.15) is 12.8 Å². The van der Waals surface area contributed by atoms with Crippen molar-refractivity contribution in [2.75, 3.05) is 13.7 Å². The Morgan fingerprint density at radius 1 is 1.55 bits per heavy atom. The zero-order valence-electron chi connectivity index (χ0n) is 6.56. The van der Waals surface area contributed by atoms with Crippen LogP contribution >= 0.6 is 0 Å². The predicted molar refractivity (Wildman–Crippen MR) is 38.0 cm³/mol. The molecule has 1 rings (SSSR count). The highest BCUT2D eigenvalue weighted by atomic mass is 16.7. The Balaban J connectivity index is 2.37. The van der Waals surface area contributed by atoms with Gasteiger partial charge in [-0.3, -0.25) is 0 Å². The Kier molecular flexibility index (Phi) is 3.26. The summed E-state index contributed by atoms with van der Waals surface area (Å²) in [7, 11) is 1.55. The summed E-state index contributed by atoms with van der Waals surface area (Å²) >= 11 is 0. The lowest BCUT2D eigenvalue weighted by molar-refractivity contribution is -0.219. The van der Waals surface area contributed by atoms with Gasteiger partial charge >= 0.3 is 0 Å². The molecule has 3 atom stereocenters. The molecule has 1 fully saturated rings. The van der Waals surface area contributed by atoms with Crippen molar-refractivity contribution in [3.05, 3.63) is 0 Å². The van der Waals surface area contributed by atoms with Gasteiger partial charge in [-0.2, -0.15) is 0 Å². The lowest BCUT2D eigenvalue weighted by atomic mass is 10.1. The number of hydrogen-bond acceptors (Lipinski definition) is 4. The van der Waals surface area contributed by atoms with Crippen LogP contribution < -0.4 is 0 Å². The summed E-state index contributed by atoms with van der Waals surface area (Å²) in [4.78, 5) is 0. The van der Waals surface area contributed by atoms with E-state index < -0.39 is 12.2 Å². The summed E-state index contributed by atoms with van der Waals surface area (Å²) in [5.74, 6) is 0. The molecule has 2 N–H and O–H groups in total. The molecule has 11 heavy (non-hydrogen) atoms. The SMILES string of the molecule is CO[C@@H]1CC[C@H](O)[C@H](CO)O1. The van der Waals surface area contributed by atoms with E-state index in [1.807, 2.05) is 0 Å². The second kappa shape index (κ2) is 4.01. The Bertz CT molecular complexity index is 117. The molecule has 0 aromatic carbocycles. The molecule has 4 nitrogen and oxygen atoms in total. The lowest BCUT2D eigenvalue weighted by Gasteiger charge is -2.31. The molecule has 0 spiro atoms. The summed E-state index contributed by atoms with van der Waals surface area (Å²) in [5, 5.41) is 18.0. The minimum Gasteiger partial charge on any atom is -0.394 e. The third-order valence-corrected chi connectivity index (χ3v) is 1.90. The fourth-order valence-electron chi connectivity index (χ4n) is 1.18. The molecule has 0 aromatic heterocycles. The van der Waals surface area contributed by atoms with Crippen molar-refractivity contribution < 1.29 is 19.7 Å². The minimum absolute atomic E-state index is 0.152. The Morgan fingerprint density at radius 2 is 2.27 bits per heavy atom. The first-order chi connectivity index (χ1) is 5.27. The number of rotatable bonds is 2. The molecule has 0 radical (unpaired) electrons. The molecule has 0 amide bonds. The molecule has 1 heterocycles. The molecule has 0 aromatic rings. The van der Waals surface area contributed by atoms with Crippen molar-refractivity contribution >= 4 is 0 Å². The van der Waals surface area contributed by atoms with Gasteiger partial charge in [0.1, 0.15) is 6.10 Å². The average molecular weight is 162 g/mol. The quantitative estimate of drug-likeness (QED) is 0.574. The molecule has 0 aliphatic carbocycles. The second-order valence-electron chi connectivity index (χ2n) is 2.67. The van der Waals surface area contributed by atoms with Crippen LogP contribution in [-0.4, -0.2) is 42.4 Å². The molecule has 0 bridgehead atoms. The van der Waals surface area contributed by atoms with Crippen molar-refractivity contribution in [1.29, 1.82) is 0 Å². The Labute approximate surface area is 65.7 Å². The van der Waals surface area contributed by atoms with E-state index in [1.165, 1.54) is 0 Å². The van der Waals surface area contributed by atoms with E-state index in [0.29, 0.717) is 12.8 Å². The van der Waals surface area contributed by atoms with Crippen LogP contribution in [0.3, 0.4) is 0 Å². The van der Waals surface area contributed by atoms with E-state index in [1.54, 1.807) is 7.11 Å². The highest BCUT2D eigenvalue weighted by Gasteiger charge is 2.28. The average Bonchev–Trinajstić information content (AvgIpc) is 2.05. The van der Waals surface area contributed by atoms with Crippen molar-refractivity contribution in [3.8, 4) is 0 Å². The van der Waals surface area contributed by atoms with Crippen molar-refractivity contribution in [1.82, 2.24) is 0 Å². The zero-order chi connectivity index (χ0) is 8.27. The summed E-state index contributed by atoms with van der Waals surface area (Å²) in [5.41, 5.74) is 0. The van der Waals surface area contributed by atoms with Crippen LogP contribution in [0.4, 0.5) is 0 Å². The van der Waals surface area contributed by atoms with E-state index in [2.05, 4.69) is 0 Å². The molecule has 0 saturated carbocycles. The van der Waals surface area contributed by atoms with Gasteiger partial charge in [-0.25, -0.2) is 0 Å². The second-order valence-corrected chi connectivity index (χ2v) is 2.67. The van der Waals surface area contributed by atoms with Crippen LogP contribution in [0, 0.1) is 0 Å². The smallest absolute Gasteiger partial charge is 0.157 e. The minimum atomic E-state index is -0.550. The maximum absolute atomic E-state index is 9.24. The molecular formula is C7H14O4. The summed E-state index contributed by atoms with van der Waals surface area (Å²) in [6, 6.07) is 0. The maximum Gasteiger partial charge on any atom is 0.157 e. The fourth-order valence-corrected chi connectivity index (χ4v) is 1.18. The van der Waals surface area contributed by atoms with Gasteiger partial charge in [0.05, 0.1) is 12.7 Å². The van der Waals surface area contributed by atoms with Crippen LogP contribution in [0.5, 0.6) is 0 Å². The number of hydrogen-bond donors (Lipinski definition) is 2. The highest BCUT2D eigenvalue weighted by Crippen LogP contribution is 2.19. The van der Waals surface area contributed by atoms with E-state index in [0.717, 1.165) is 0 Å². The van der Waals surface area contributed by atoms with Gasteiger partial charge in [0.15, 0.2) is 6.29 Å². The predicted octanol–water partition coefficient (Wildman–Crippen LogP) is -0.509. The molecule has 4 heteroatoms. The first kappa shape index (κ1) is 8.93. The van der Waals surface area contributed by atoms with Gasteiger partial charge in [-0.1, -0.05) is 0 Å². The number of ether oxygens (including phenoxy) is 2. The first-order valence-electron chi connectivity index (χ1n) is 3.75. The van der Waals surface area contributed by atoms with Crippen molar-refractivity contribution in [2.45, 2.75) is 31.3 Å². The van der Waals surface area contributed by atoms with Gasteiger partial charge in [-0.15, -0.1) is 0 Å². The van der Waals surface area contributed by atoms with E-state index in [4.69, 9.17) is 14.6 Å². The topological polar surface area (TPSA) is 58.9 Å². The Morgan fingerprint density at radius 3 is 2.82 bits per heavy atom. The standard InChI is InChI=1S/C7H14O4/c1-10-7-3-2-5(9)6(4-8)11-7/h5-9H,2-4H2,1H3/t5-,6-,7-/m0/s1. The molecule has 0 unspecified atom stereocenters. The molecule has 1 aliphatic heterocycles. The van der Waals surface area contributed by atoms with Gasteiger partial charge in [0, 0.05) is 13.5 Å². The number of aliphatic hydroxyl groups excluding tert-OH is 2. The largest absolute Gasteiger partial charge is 0.394 e. The van der Waals surface area contributed by atoms with Crippen LogP contribution in [0.15, 0.2) is 0 Å². The summed E-state index contributed by atoms with van der Waals surface area (Å²) in [6.45, 7) is -0.152. The first-order valence-corrected chi connectivity index (χ1v) is 3.75. The monoisotopic (exact) mass is 162 g/mol. The fraction of sp³-hybridized carbons (Fsp3) is 1.00. The van der Waals surface area contributed by atoms with Crippen LogP contribution in [-0.2, 0) is 9.47 Å². The molecule has 1 saturated heterocycles. The molecular weight excluding hydrogens is 148 g/mol. The third kappa shape index (κ3) is 2.13. The normalized spacial score (nSPS) is 39.0. The molecule has 1 aliphatic rings. The Hall–Kier alpha value is -0.160. The summed E-state index contributed by atoms with van der Waals surface area (Å²) in [6.07, 6.45) is 0.0217.